The van der Waals surface area contributed by atoms with Crippen LogP contribution < -0.4 is 4.90 Å². The molecule has 0 atom stereocenters. The molecule has 4 aromatic rings. The first-order valence-electron chi connectivity index (χ1n) is 16.5. The van der Waals surface area contributed by atoms with Gasteiger partial charge in [0.2, 0.25) is 0 Å². The van der Waals surface area contributed by atoms with Crippen LogP contribution in [0.15, 0.2) is 108 Å². The fraction of sp³-hybridized carbons (Fsp3) is 0.308. The Hall–Kier alpha value is -4.89. The highest BCUT2D eigenvalue weighted by Crippen LogP contribution is 2.47. The molecule has 0 saturated carbocycles. The van der Waals surface area contributed by atoms with E-state index in [4.69, 9.17) is 9.73 Å². The van der Waals surface area contributed by atoms with Gasteiger partial charge in [0, 0.05) is 18.5 Å². The first-order valence-corrected chi connectivity index (χ1v) is 16.5. The van der Waals surface area contributed by atoms with Crippen LogP contribution in [0.25, 0.3) is 0 Å². The van der Waals surface area contributed by atoms with E-state index in [9.17, 15) is 18.4 Å². The number of carbonyl (C=O) groups is 2. The maximum absolute atomic E-state index is 14.2. The number of anilines is 1. The number of likely N-dealkylation sites (tertiary alicyclic amines) is 1. The van der Waals surface area contributed by atoms with Crippen LogP contribution in [-0.2, 0) is 27.1 Å². The lowest BCUT2D eigenvalue weighted by molar-refractivity contribution is -0.130. The van der Waals surface area contributed by atoms with Crippen LogP contribution in [0.4, 0.5) is 19.3 Å². The Morgan fingerprint density at radius 1 is 0.812 bits per heavy atom. The molecule has 0 aromatic heterocycles. The molecule has 0 aliphatic carbocycles. The van der Waals surface area contributed by atoms with E-state index in [0.29, 0.717) is 30.1 Å². The van der Waals surface area contributed by atoms with E-state index in [1.807, 2.05) is 55.5 Å². The van der Waals surface area contributed by atoms with Crippen molar-refractivity contribution in [3.05, 3.63) is 137 Å². The van der Waals surface area contributed by atoms with Crippen molar-refractivity contribution in [3.8, 4) is 0 Å². The molecule has 1 saturated heterocycles. The molecule has 4 aromatic carbocycles. The Balaban J connectivity index is 0.988. The van der Waals surface area contributed by atoms with Crippen LogP contribution >= 0.6 is 0 Å². The lowest BCUT2D eigenvalue weighted by Crippen LogP contribution is -2.47. The largest absolute Gasteiger partial charge is 0.444 e. The van der Waals surface area contributed by atoms with Gasteiger partial charge >= 0.3 is 6.09 Å². The van der Waals surface area contributed by atoms with Crippen LogP contribution in [0, 0.1) is 11.6 Å². The summed E-state index contributed by atoms with van der Waals surface area (Å²) in [6.45, 7) is 5.67. The monoisotopic (exact) mass is 648 g/mol. The molecule has 0 radical (unpaired) electrons. The van der Waals surface area contributed by atoms with Gasteiger partial charge in [-0.15, -0.1) is 0 Å². The van der Waals surface area contributed by atoms with E-state index in [1.165, 1.54) is 29.8 Å². The zero-order valence-electron chi connectivity index (χ0n) is 26.9. The molecule has 246 valence electrons. The Kier molecular flexibility index (Phi) is 8.56. The van der Waals surface area contributed by atoms with Gasteiger partial charge < -0.3 is 9.64 Å². The number of benzene rings is 4. The summed E-state index contributed by atoms with van der Waals surface area (Å²) in [4.78, 5) is 38.2. The molecule has 0 unspecified atom stereocenters. The lowest BCUT2D eigenvalue weighted by atomic mass is 9.74. The second-order valence-electron chi connectivity index (χ2n) is 13.0. The number of hydrogen-bond acceptors (Lipinski definition) is 5. The minimum atomic E-state index is -1.40. The van der Waals surface area contributed by atoms with Gasteiger partial charge in [-0.3, -0.25) is 14.6 Å². The third-order valence-electron chi connectivity index (χ3n) is 10.1. The highest BCUT2D eigenvalue weighted by Gasteiger charge is 2.50. The number of piperidine rings is 1. The van der Waals surface area contributed by atoms with Crippen LogP contribution in [-0.4, -0.2) is 60.4 Å². The predicted octanol–water partition coefficient (Wildman–Crippen LogP) is 7.05. The summed E-state index contributed by atoms with van der Waals surface area (Å²) in [7, 11) is 0. The van der Waals surface area contributed by atoms with Crippen molar-refractivity contribution in [3.63, 3.8) is 0 Å². The number of nitrogens with zero attached hydrogens (tertiary/aromatic N) is 4. The van der Waals surface area contributed by atoms with Crippen LogP contribution in [0.1, 0.15) is 48.4 Å². The van der Waals surface area contributed by atoms with Gasteiger partial charge in [-0.1, -0.05) is 72.8 Å². The van der Waals surface area contributed by atoms with Crippen molar-refractivity contribution in [1.82, 2.24) is 9.80 Å². The molecule has 3 heterocycles. The number of amides is 2. The number of carbonyl (C=O) groups excluding carboxylic acids is 2. The predicted molar refractivity (Wildman–Crippen MR) is 181 cm³/mol. The second-order valence-corrected chi connectivity index (χ2v) is 13.0. The lowest BCUT2D eigenvalue weighted by Gasteiger charge is -2.40. The molecule has 7 rings (SSSR count). The van der Waals surface area contributed by atoms with Crippen LogP contribution in [0.3, 0.4) is 0 Å². The Morgan fingerprint density at radius 3 is 2.06 bits per heavy atom. The number of rotatable bonds is 8. The van der Waals surface area contributed by atoms with Gasteiger partial charge in [0.25, 0.3) is 5.91 Å². The van der Waals surface area contributed by atoms with Crippen molar-refractivity contribution in [2.24, 2.45) is 4.99 Å². The number of ether oxygens (including phenoxy) is 1. The maximum atomic E-state index is 14.2. The smallest absolute Gasteiger partial charge is 0.414 e. The molecule has 3 aliphatic heterocycles. The molecule has 48 heavy (non-hydrogen) atoms. The molecule has 1 spiro atoms. The topological polar surface area (TPSA) is 65.5 Å². The highest BCUT2D eigenvalue weighted by molar-refractivity contribution is 6.09. The van der Waals surface area contributed by atoms with Gasteiger partial charge in [0.05, 0.1) is 5.69 Å². The number of halogens is 2. The molecule has 3 aliphatic rings. The second kappa shape index (κ2) is 13.0. The van der Waals surface area contributed by atoms with Gasteiger partial charge in [0.1, 0.15) is 24.1 Å². The van der Waals surface area contributed by atoms with Gasteiger partial charge in [-0.05, 0) is 98.4 Å². The van der Waals surface area contributed by atoms with Crippen molar-refractivity contribution >= 4 is 23.5 Å². The zero-order chi connectivity index (χ0) is 33.3. The summed E-state index contributed by atoms with van der Waals surface area (Å²) in [5.74, 6) is -0.460. The van der Waals surface area contributed by atoms with Crippen LogP contribution in [0.2, 0.25) is 0 Å². The van der Waals surface area contributed by atoms with Crippen molar-refractivity contribution in [2.75, 3.05) is 37.6 Å². The van der Waals surface area contributed by atoms with Crippen molar-refractivity contribution in [1.29, 1.82) is 0 Å². The summed E-state index contributed by atoms with van der Waals surface area (Å²) in [6.07, 6.45) is 2.24. The fourth-order valence-electron chi connectivity index (χ4n) is 7.56. The van der Waals surface area contributed by atoms with Gasteiger partial charge in [-0.25, -0.2) is 18.6 Å². The maximum Gasteiger partial charge on any atom is 0.414 e. The molecule has 2 amide bonds. The van der Waals surface area contributed by atoms with E-state index in [-0.39, 0.29) is 24.0 Å². The third-order valence-corrected chi connectivity index (χ3v) is 10.1. The summed E-state index contributed by atoms with van der Waals surface area (Å²) < 4.78 is 33.4. The normalized spacial score (nSPS) is 18.2. The summed E-state index contributed by atoms with van der Waals surface area (Å²) in [5.41, 5.74) is 2.64. The Morgan fingerprint density at radius 2 is 1.42 bits per heavy atom. The molecule has 0 bridgehead atoms. The van der Waals surface area contributed by atoms with Gasteiger partial charge in [0.15, 0.2) is 5.54 Å². The minimum Gasteiger partial charge on any atom is -0.444 e. The van der Waals surface area contributed by atoms with E-state index in [1.54, 1.807) is 34.1 Å². The fourth-order valence-corrected chi connectivity index (χ4v) is 7.56. The molecular weight excluding hydrogens is 610 g/mol. The summed E-state index contributed by atoms with van der Waals surface area (Å²) >= 11 is 0. The number of amidine groups is 1. The number of fused-ring (bicyclic) bond motifs is 2. The quantitative estimate of drug-likeness (QED) is 0.206. The summed E-state index contributed by atoms with van der Waals surface area (Å²) in [5, 5.41) is 0. The molecule has 7 nitrogen and oxygen atoms in total. The zero-order valence-corrected chi connectivity index (χ0v) is 26.9. The standard InChI is InChI=1S/C39H38F2N4O3/c1-28-42-39(30-12-16-32(40)17-13-30,31-14-18-33(41)19-15-31)36(46)44(28)23-7-22-43-24-20-38(21-25-43)27-45(35-11-6-5-10-34(35)38)37(47)48-26-29-8-3-2-4-9-29/h2-6,8-19H,7,20-27H2,1H3. The first-order chi connectivity index (χ1) is 23.3. The first kappa shape index (κ1) is 31.7. The van der Waals surface area contributed by atoms with Crippen molar-refractivity contribution < 1.29 is 23.1 Å². The van der Waals surface area contributed by atoms with E-state index >= 15 is 0 Å². The molecule has 0 N–H and O–H groups in total. The molecule has 9 heteroatoms. The Bertz CT molecular complexity index is 1770. The average molecular weight is 649 g/mol. The summed E-state index contributed by atoms with van der Waals surface area (Å²) in [6, 6.07) is 29.4. The van der Waals surface area contributed by atoms with Gasteiger partial charge in [-0.2, -0.15) is 0 Å². The third kappa shape index (κ3) is 5.76. The molecular formula is C39H38F2N4O3. The van der Waals surface area contributed by atoms with E-state index in [2.05, 4.69) is 11.0 Å². The van der Waals surface area contributed by atoms with E-state index < -0.39 is 17.2 Å². The minimum absolute atomic E-state index is 0.128. The van der Waals surface area contributed by atoms with Crippen LogP contribution in [0.5, 0.6) is 0 Å². The number of aliphatic imine (C=N–C) groups is 1. The SMILES string of the molecule is CC1=NC(c2ccc(F)cc2)(c2ccc(F)cc2)C(=O)N1CCCN1CCC2(CC1)CN(C(=O)OCc1ccccc1)c1ccccc12. The average Bonchev–Trinajstić information content (AvgIpc) is 3.56. The Labute approximate surface area is 279 Å². The van der Waals surface area contributed by atoms with E-state index in [0.717, 1.165) is 50.1 Å². The molecule has 1 fully saturated rings. The number of para-hydroxylation sites is 1. The highest BCUT2D eigenvalue weighted by atomic mass is 19.1. The van der Waals surface area contributed by atoms with Crippen molar-refractivity contribution in [2.45, 2.75) is 43.7 Å². The number of hydrogen-bond donors (Lipinski definition) is 0.